The van der Waals surface area contributed by atoms with Gasteiger partial charge < -0.3 is 39.6 Å². The maximum absolute atomic E-state index is 9.26. The molecule has 0 aliphatic carbocycles. The van der Waals surface area contributed by atoms with E-state index in [2.05, 4.69) is 0 Å². The van der Waals surface area contributed by atoms with Gasteiger partial charge in [0.15, 0.2) is 0 Å². The van der Waals surface area contributed by atoms with Gasteiger partial charge >= 0.3 is 34.7 Å². The quantitative estimate of drug-likeness (QED) is 0.475. The summed E-state index contributed by atoms with van der Waals surface area (Å²) in [4.78, 5) is 37.0. The van der Waals surface area contributed by atoms with Crippen LogP contribution in [-0.2, 0) is 53.9 Å². The Balaban J connectivity index is -0.0000000376. The first-order valence-corrected chi connectivity index (χ1v) is 5.88. The molecule has 0 heterocycles. The summed E-state index contributed by atoms with van der Waals surface area (Å²) in [6.07, 6.45) is 0.444. The van der Waals surface area contributed by atoms with Gasteiger partial charge in [-0.3, -0.25) is 0 Å². The molecule has 10 heteroatoms. The fraction of sp³-hybridized carbons (Fsp3) is 0.667. The van der Waals surface area contributed by atoms with Crippen LogP contribution in [0.4, 0.5) is 0 Å². The van der Waals surface area contributed by atoms with Gasteiger partial charge in [0.25, 0.3) is 0 Å². The molecule has 0 aromatic carbocycles. The normalized spacial score (nSPS) is 6.73. The average molecular weight is 396 g/mol. The molecule has 0 fully saturated rings. The zero-order valence-corrected chi connectivity index (χ0v) is 15.5. The number of hydrogen-bond donors (Lipinski definition) is 0. The molecule has 0 aromatic rings. The van der Waals surface area contributed by atoms with E-state index in [1.807, 2.05) is 0 Å². The summed E-state index contributed by atoms with van der Waals surface area (Å²) in [7, 11) is 0. The zero-order valence-electron chi connectivity index (χ0n) is 12.9. The summed E-state index contributed by atoms with van der Waals surface area (Å²) in [6.45, 7) is 6.15. The molecule has 0 amide bonds. The Kier molecular flexibility index (Phi) is 54.3. The molecule has 0 saturated heterocycles. The largest absolute Gasteiger partial charge is 3.00 e. The van der Waals surface area contributed by atoms with Gasteiger partial charge in [-0.05, 0) is 25.7 Å². The van der Waals surface area contributed by atoms with Crippen LogP contribution in [0.2, 0.25) is 0 Å². The Morgan fingerprint density at radius 3 is 0.545 bits per heavy atom. The second kappa shape index (κ2) is 32.1. The molecule has 0 N–H and O–H groups in total. The first kappa shape index (κ1) is 37.3. The summed E-state index contributed by atoms with van der Waals surface area (Å²) in [5.41, 5.74) is 0. The molecule has 22 heavy (non-hydrogen) atoms. The molecule has 0 saturated carbocycles. The Bertz CT molecular complexity index is 226. The third-order valence-electron chi connectivity index (χ3n) is 1.15. The molecule has 2 radical (unpaired) electrons. The van der Waals surface area contributed by atoms with Gasteiger partial charge in [-0.1, -0.05) is 27.7 Å². The van der Waals surface area contributed by atoms with Gasteiger partial charge in [0.2, 0.25) is 0 Å². The number of carboxylic acid groups (broad SMARTS) is 4. The van der Waals surface area contributed by atoms with Gasteiger partial charge in [-0.15, -0.1) is 0 Å². The van der Waals surface area contributed by atoms with Crippen LogP contribution in [0.1, 0.15) is 53.4 Å². The Labute approximate surface area is 151 Å². The van der Waals surface area contributed by atoms with Crippen molar-refractivity contribution in [3.8, 4) is 0 Å². The van der Waals surface area contributed by atoms with Crippen molar-refractivity contribution < 1.29 is 74.3 Å². The summed E-state index contributed by atoms with van der Waals surface area (Å²) in [6, 6.07) is 0. The van der Waals surface area contributed by atoms with Crippen molar-refractivity contribution in [3.05, 3.63) is 0 Å². The van der Waals surface area contributed by atoms with E-state index in [4.69, 9.17) is 0 Å². The third-order valence-corrected chi connectivity index (χ3v) is 1.15. The van der Waals surface area contributed by atoms with Gasteiger partial charge in [0.1, 0.15) is 0 Å². The van der Waals surface area contributed by atoms with Crippen molar-refractivity contribution in [2.24, 2.45) is 0 Å². The van der Waals surface area contributed by atoms with Crippen LogP contribution in [0, 0.1) is 0 Å². The van der Waals surface area contributed by atoms with Crippen LogP contribution in [0.15, 0.2) is 0 Å². The molecule has 8 nitrogen and oxygen atoms in total. The van der Waals surface area contributed by atoms with Crippen LogP contribution < -0.4 is 20.4 Å². The Hall–Kier alpha value is -1.06. The number of carbonyl (C=O) groups is 4. The van der Waals surface area contributed by atoms with Crippen molar-refractivity contribution in [3.63, 3.8) is 0 Å². The minimum atomic E-state index is -0.995. The van der Waals surface area contributed by atoms with Gasteiger partial charge in [-0.2, -0.15) is 0 Å². The topological polar surface area (TPSA) is 161 Å². The first-order valence-electron chi connectivity index (χ1n) is 5.88. The first-order chi connectivity index (χ1) is 9.08. The van der Waals surface area contributed by atoms with Crippen molar-refractivity contribution >= 4 is 23.9 Å². The molecule has 126 valence electrons. The minimum Gasteiger partial charge on any atom is -0.550 e. The SMILES string of the molecule is CCC(=O)[O-].CCC(=O)[O-].CCC(=O)[O-].CCC(=O)[O-].[Cr+3].[Cr+3]. The second-order valence-corrected chi connectivity index (χ2v) is 2.90. The van der Waals surface area contributed by atoms with Gasteiger partial charge in [-0.25, -0.2) is 0 Å². The van der Waals surface area contributed by atoms with E-state index >= 15 is 0 Å². The molecule has 0 aromatic heterocycles. The monoisotopic (exact) mass is 396 g/mol. The van der Waals surface area contributed by atoms with Crippen LogP contribution in [0.3, 0.4) is 0 Å². The molecule has 0 spiro atoms. The number of rotatable bonds is 4. The van der Waals surface area contributed by atoms with E-state index in [0.717, 1.165) is 0 Å². The maximum atomic E-state index is 9.26. The van der Waals surface area contributed by atoms with Crippen LogP contribution in [0.5, 0.6) is 0 Å². The van der Waals surface area contributed by atoms with E-state index in [9.17, 15) is 39.6 Å². The standard InChI is InChI=1S/4C3H6O2.2Cr/c4*1-2-3(4)5;;/h4*2H2,1H3,(H,4,5);;/q;;;;2*+3/p-4. The van der Waals surface area contributed by atoms with Crippen molar-refractivity contribution in [1.29, 1.82) is 0 Å². The maximum Gasteiger partial charge on any atom is 3.00 e. The van der Waals surface area contributed by atoms with E-state index in [-0.39, 0.29) is 60.4 Å². The Morgan fingerprint density at radius 1 is 0.500 bits per heavy atom. The van der Waals surface area contributed by atoms with Crippen LogP contribution >= 0.6 is 0 Å². The summed E-state index contributed by atoms with van der Waals surface area (Å²) in [5, 5.41) is 37.0. The summed E-state index contributed by atoms with van der Waals surface area (Å²) in [5.74, 6) is -3.98. The molecular formula is C12H20Cr2O8+2. The number of aliphatic carboxylic acids is 4. The Morgan fingerprint density at radius 2 is 0.545 bits per heavy atom. The second-order valence-electron chi connectivity index (χ2n) is 2.90. The van der Waals surface area contributed by atoms with E-state index in [1.165, 1.54) is 27.7 Å². The van der Waals surface area contributed by atoms with Crippen molar-refractivity contribution in [2.45, 2.75) is 53.4 Å². The molecular weight excluding hydrogens is 376 g/mol. The van der Waals surface area contributed by atoms with Gasteiger partial charge in [0.05, 0.1) is 0 Å². The number of carboxylic acids is 4. The predicted molar refractivity (Wildman–Crippen MR) is 61.2 cm³/mol. The minimum absolute atomic E-state index is 0. The van der Waals surface area contributed by atoms with E-state index in [0.29, 0.717) is 0 Å². The fourth-order valence-electron chi connectivity index (χ4n) is 0. The summed E-state index contributed by atoms with van der Waals surface area (Å²) < 4.78 is 0. The fourth-order valence-corrected chi connectivity index (χ4v) is 0. The molecule has 0 aliphatic rings. The number of carbonyl (C=O) groups excluding carboxylic acids is 4. The van der Waals surface area contributed by atoms with Crippen molar-refractivity contribution in [1.82, 2.24) is 0 Å². The van der Waals surface area contributed by atoms with Crippen LogP contribution in [0.25, 0.3) is 0 Å². The molecule has 0 rings (SSSR count). The zero-order chi connectivity index (χ0) is 17.1. The van der Waals surface area contributed by atoms with E-state index in [1.54, 1.807) is 0 Å². The molecule has 0 bridgehead atoms. The van der Waals surface area contributed by atoms with Gasteiger partial charge in [0, 0.05) is 23.9 Å². The third kappa shape index (κ3) is 126. The molecule has 0 aliphatic heterocycles. The summed E-state index contributed by atoms with van der Waals surface area (Å²) >= 11 is 0. The average Bonchev–Trinajstić information content (AvgIpc) is 2.40. The predicted octanol–water partition coefficient (Wildman–Crippen LogP) is -3.42. The van der Waals surface area contributed by atoms with E-state index < -0.39 is 23.9 Å². The smallest absolute Gasteiger partial charge is 0.550 e. The molecule has 0 unspecified atom stereocenters. The number of hydrogen-bond acceptors (Lipinski definition) is 8. The van der Waals surface area contributed by atoms with Crippen molar-refractivity contribution in [2.75, 3.05) is 0 Å². The molecule has 0 atom stereocenters. The van der Waals surface area contributed by atoms with Crippen LogP contribution in [-0.4, -0.2) is 23.9 Å².